The number of H-pyrrole nitrogens is 1. The van der Waals surface area contributed by atoms with E-state index >= 15 is 0 Å². The topological polar surface area (TPSA) is 86.3 Å². The second kappa shape index (κ2) is 4.15. The van der Waals surface area contributed by atoms with Crippen LogP contribution in [0.4, 0.5) is 0 Å². The van der Waals surface area contributed by atoms with Crippen LogP contribution in [0.5, 0.6) is 0 Å². The van der Waals surface area contributed by atoms with Gasteiger partial charge >= 0.3 is 0 Å². The van der Waals surface area contributed by atoms with E-state index in [4.69, 9.17) is 5.11 Å². The Morgan fingerprint density at radius 1 is 1.44 bits per heavy atom. The van der Waals surface area contributed by atoms with Crippen LogP contribution >= 0.6 is 0 Å². The van der Waals surface area contributed by atoms with Gasteiger partial charge in [-0.15, -0.1) is 0 Å². The van der Waals surface area contributed by atoms with Crippen LogP contribution in [-0.2, 0) is 16.6 Å². The highest BCUT2D eigenvalue weighted by Crippen LogP contribution is 2.23. The summed E-state index contributed by atoms with van der Waals surface area (Å²) >= 11 is 0. The quantitative estimate of drug-likeness (QED) is 0.784. The summed E-state index contributed by atoms with van der Waals surface area (Å²) in [5, 5.41) is 15.5. The van der Waals surface area contributed by atoms with Gasteiger partial charge in [0.05, 0.1) is 6.61 Å². The first-order chi connectivity index (χ1) is 7.57. The van der Waals surface area contributed by atoms with Gasteiger partial charge in [0.1, 0.15) is 0 Å². The number of hydrogen-bond acceptors (Lipinski definition) is 4. The lowest BCUT2D eigenvalue weighted by Crippen LogP contribution is -2.29. The minimum absolute atomic E-state index is 0.0330. The van der Waals surface area contributed by atoms with Crippen LogP contribution < -0.4 is 0 Å². The molecule has 2 heterocycles. The summed E-state index contributed by atoms with van der Waals surface area (Å²) in [5.41, 5.74) is 0.965. The Labute approximate surface area is 94.3 Å². The molecule has 2 rings (SSSR count). The van der Waals surface area contributed by atoms with Crippen molar-refractivity contribution >= 4 is 10.0 Å². The lowest BCUT2D eigenvalue weighted by Gasteiger charge is -2.14. The minimum Gasteiger partial charge on any atom is -0.392 e. The molecular formula is C9H15N3O3S. The molecule has 0 bridgehead atoms. The Bertz CT molecular complexity index is 474. The maximum atomic E-state index is 12.2. The van der Waals surface area contributed by atoms with Gasteiger partial charge < -0.3 is 5.11 Å². The molecule has 90 valence electrons. The number of nitrogens with zero attached hydrogens (tertiary/aromatic N) is 2. The first kappa shape index (κ1) is 11.6. The standard InChI is InChI=1S/C9H15N3O3S/c1-7-8(6-13)9(11-10-7)16(14,15)12-4-2-3-5-12/h13H,2-6H2,1H3,(H,10,11). The molecule has 16 heavy (non-hydrogen) atoms. The molecule has 0 radical (unpaired) electrons. The normalized spacial score (nSPS) is 18.1. The monoisotopic (exact) mass is 245 g/mol. The van der Waals surface area contributed by atoms with Crippen molar-refractivity contribution in [2.75, 3.05) is 13.1 Å². The van der Waals surface area contributed by atoms with Gasteiger partial charge in [-0.2, -0.15) is 9.40 Å². The number of rotatable bonds is 3. The van der Waals surface area contributed by atoms with Crippen molar-refractivity contribution in [1.82, 2.24) is 14.5 Å². The molecule has 1 aliphatic heterocycles. The van der Waals surface area contributed by atoms with Crippen LogP contribution in [0.2, 0.25) is 0 Å². The molecular weight excluding hydrogens is 230 g/mol. The molecule has 7 heteroatoms. The van der Waals surface area contributed by atoms with Crippen molar-refractivity contribution in [3.8, 4) is 0 Å². The second-order valence-electron chi connectivity index (χ2n) is 3.90. The summed E-state index contributed by atoms with van der Waals surface area (Å²) in [6, 6.07) is 0. The Kier molecular flexibility index (Phi) is 3.00. The third kappa shape index (κ3) is 1.74. The molecule has 2 N–H and O–H groups in total. The third-order valence-electron chi connectivity index (χ3n) is 2.84. The minimum atomic E-state index is -3.53. The molecule has 1 aromatic heterocycles. The van der Waals surface area contributed by atoms with E-state index < -0.39 is 10.0 Å². The molecule has 0 amide bonds. The van der Waals surface area contributed by atoms with Gasteiger partial charge in [0.25, 0.3) is 10.0 Å². The van der Waals surface area contributed by atoms with Crippen LogP contribution in [0.25, 0.3) is 0 Å². The van der Waals surface area contributed by atoms with Crippen LogP contribution in [0, 0.1) is 6.92 Å². The first-order valence-corrected chi connectivity index (χ1v) is 6.66. The first-order valence-electron chi connectivity index (χ1n) is 5.22. The summed E-state index contributed by atoms with van der Waals surface area (Å²) in [7, 11) is -3.53. The van der Waals surface area contributed by atoms with E-state index in [-0.39, 0.29) is 11.6 Å². The molecule has 1 fully saturated rings. The number of sulfonamides is 1. The second-order valence-corrected chi connectivity index (χ2v) is 5.75. The third-order valence-corrected chi connectivity index (χ3v) is 4.71. The van der Waals surface area contributed by atoms with Gasteiger partial charge in [0, 0.05) is 24.3 Å². The molecule has 0 unspecified atom stereocenters. The highest BCUT2D eigenvalue weighted by molar-refractivity contribution is 7.89. The van der Waals surface area contributed by atoms with Crippen molar-refractivity contribution in [1.29, 1.82) is 0 Å². The van der Waals surface area contributed by atoms with Crippen LogP contribution in [0.1, 0.15) is 24.1 Å². The fourth-order valence-electron chi connectivity index (χ4n) is 1.88. The van der Waals surface area contributed by atoms with E-state index in [0.717, 1.165) is 12.8 Å². The maximum absolute atomic E-state index is 12.2. The molecule has 0 aromatic carbocycles. The number of aliphatic hydroxyl groups excluding tert-OH is 1. The van der Waals surface area contributed by atoms with Crippen molar-refractivity contribution in [3.63, 3.8) is 0 Å². The maximum Gasteiger partial charge on any atom is 0.262 e. The lowest BCUT2D eigenvalue weighted by molar-refractivity contribution is 0.277. The summed E-state index contributed by atoms with van der Waals surface area (Å²) in [4.78, 5) is 0. The van der Waals surface area contributed by atoms with E-state index in [9.17, 15) is 8.42 Å². The number of aliphatic hydroxyl groups is 1. The Morgan fingerprint density at radius 3 is 2.62 bits per heavy atom. The van der Waals surface area contributed by atoms with Gasteiger partial charge in [0.2, 0.25) is 0 Å². The molecule has 6 nitrogen and oxygen atoms in total. The Morgan fingerprint density at radius 2 is 2.06 bits per heavy atom. The van der Waals surface area contributed by atoms with Crippen LogP contribution in [-0.4, -0.2) is 41.1 Å². The van der Waals surface area contributed by atoms with E-state index in [0.29, 0.717) is 24.3 Å². The van der Waals surface area contributed by atoms with Gasteiger partial charge in [-0.1, -0.05) is 0 Å². The molecule has 0 spiro atoms. The smallest absolute Gasteiger partial charge is 0.262 e. The zero-order chi connectivity index (χ0) is 11.8. The fourth-order valence-corrected chi connectivity index (χ4v) is 3.55. The summed E-state index contributed by atoms with van der Waals surface area (Å²) in [5.74, 6) is 0. The number of aromatic amines is 1. The summed E-state index contributed by atoms with van der Waals surface area (Å²) < 4.78 is 25.7. The average Bonchev–Trinajstić information content (AvgIpc) is 2.85. The van der Waals surface area contributed by atoms with Crippen LogP contribution in [0.15, 0.2) is 5.03 Å². The van der Waals surface area contributed by atoms with Gasteiger partial charge in [-0.05, 0) is 19.8 Å². The average molecular weight is 245 g/mol. The molecule has 0 saturated carbocycles. The van der Waals surface area contributed by atoms with E-state index in [1.165, 1.54) is 4.31 Å². The molecule has 0 aliphatic carbocycles. The van der Waals surface area contributed by atoms with Gasteiger partial charge in [0.15, 0.2) is 5.03 Å². The predicted octanol–water partition coefficient (Wildman–Crippen LogP) is -0.00508. The lowest BCUT2D eigenvalue weighted by atomic mass is 10.3. The van der Waals surface area contributed by atoms with Crippen molar-refractivity contribution in [2.24, 2.45) is 0 Å². The number of hydrogen-bond donors (Lipinski definition) is 2. The zero-order valence-electron chi connectivity index (χ0n) is 9.10. The van der Waals surface area contributed by atoms with Crippen molar-refractivity contribution in [3.05, 3.63) is 11.3 Å². The van der Waals surface area contributed by atoms with Crippen LogP contribution in [0.3, 0.4) is 0 Å². The molecule has 1 saturated heterocycles. The highest BCUT2D eigenvalue weighted by atomic mass is 32.2. The summed E-state index contributed by atoms with van der Waals surface area (Å²) in [6.45, 7) is 2.46. The van der Waals surface area contributed by atoms with Gasteiger partial charge in [-0.3, -0.25) is 5.10 Å². The SMILES string of the molecule is Cc1[nH]nc(S(=O)(=O)N2CCCC2)c1CO. The van der Waals surface area contributed by atoms with E-state index in [2.05, 4.69) is 10.2 Å². The Balaban J connectivity index is 2.42. The summed E-state index contributed by atoms with van der Waals surface area (Å²) in [6.07, 6.45) is 1.77. The highest BCUT2D eigenvalue weighted by Gasteiger charge is 2.31. The van der Waals surface area contributed by atoms with Gasteiger partial charge in [-0.25, -0.2) is 8.42 Å². The van der Waals surface area contributed by atoms with E-state index in [1.54, 1.807) is 6.92 Å². The number of nitrogens with one attached hydrogen (secondary N) is 1. The number of aryl methyl sites for hydroxylation is 1. The number of aromatic nitrogens is 2. The Hall–Kier alpha value is -0.920. The van der Waals surface area contributed by atoms with Crippen molar-refractivity contribution in [2.45, 2.75) is 31.4 Å². The molecule has 1 aromatic rings. The van der Waals surface area contributed by atoms with E-state index in [1.807, 2.05) is 0 Å². The fraction of sp³-hybridized carbons (Fsp3) is 0.667. The largest absolute Gasteiger partial charge is 0.392 e. The molecule has 1 aliphatic rings. The zero-order valence-corrected chi connectivity index (χ0v) is 9.92. The predicted molar refractivity (Wildman–Crippen MR) is 57.2 cm³/mol. The van der Waals surface area contributed by atoms with Crippen molar-refractivity contribution < 1.29 is 13.5 Å². The molecule has 0 atom stereocenters.